The van der Waals surface area contributed by atoms with Gasteiger partial charge in [0, 0.05) is 15.6 Å². The average Bonchev–Trinajstić information content (AvgIpc) is 3.08. The first-order valence-corrected chi connectivity index (χ1v) is 8.05. The van der Waals surface area contributed by atoms with E-state index in [1.165, 1.54) is 17.3 Å². The number of hydrogen-bond donors (Lipinski definition) is 0. The van der Waals surface area contributed by atoms with Gasteiger partial charge in [-0.3, -0.25) is 0 Å². The standard InChI is InChI=1S/C15H14Cl2F3N3O/c16-10-1-2-12(13(17)5-10)14(7-23-9-21-8-22-23)4-3-11(24-14)6-15(18,19)20/h1-2,5,8-9,11H,3-4,6-7H2. The third kappa shape index (κ3) is 3.84. The number of rotatable bonds is 4. The lowest BCUT2D eigenvalue weighted by Gasteiger charge is -2.31. The van der Waals surface area contributed by atoms with Gasteiger partial charge in [-0.05, 0) is 25.0 Å². The highest BCUT2D eigenvalue weighted by atomic mass is 35.5. The molecule has 0 aliphatic carbocycles. The largest absolute Gasteiger partial charge is 0.391 e. The molecule has 0 spiro atoms. The molecule has 1 aliphatic heterocycles. The van der Waals surface area contributed by atoms with Gasteiger partial charge in [-0.2, -0.15) is 18.3 Å². The third-order valence-electron chi connectivity index (χ3n) is 4.03. The number of benzene rings is 1. The Bertz CT molecular complexity index is 708. The Morgan fingerprint density at radius 2 is 2.12 bits per heavy atom. The molecular formula is C15H14Cl2F3N3O. The number of halogens is 5. The number of nitrogens with zero attached hydrogens (tertiary/aromatic N) is 3. The van der Waals surface area contributed by atoms with Crippen LogP contribution in [0.15, 0.2) is 30.9 Å². The minimum atomic E-state index is -4.28. The van der Waals surface area contributed by atoms with E-state index in [4.69, 9.17) is 27.9 Å². The van der Waals surface area contributed by atoms with E-state index in [9.17, 15) is 13.2 Å². The maximum Gasteiger partial charge on any atom is 0.391 e. The van der Waals surface area contributed by atoms with Crippen LogP contribution in [0.25, 0.3) is 0 Å². The summed E-state index contributed by atoms with van der Waals surface area (Å²) in [6.07, 6.45) is -2.65. The van der Waals surface area contributed by atoms with Crippen molar-refractivity contribution in [1.29, 1.82) is 0 Å². The smallest absolute Gasteiger partial charge is 0.365 e. The second kappa shape index (κ2) is 6.54. The number of aromatic nitrogens is 3. The van der Waals surface area contributed by atoms with Crippen molar-refractivity contribution in [3.05, 3.63) is 46.5 Å². The Balaban J connectivity index is 1.93. The van der Waals surface area contributed by atoms with Crippen LogP contribution in [0, 0.1) is 0 Å². The number of ether oxygens (including phenoxy) is 1. The maximum atomic E-state index is 12.7. The second-order valence-corrected chi connectivity index (χ2v) is 6.65. The molecule has 1 aromatic carbocycles. The van der Waals surface area contributed by atoms with E-state index >= 15 is 0 Å². The van der Waals surface area contributed by atoms with E-state index in [2.05, 4.69) is 10.1 Å². The molecule has 2 heterocycles. The van der Waals surface area contributed by atoms with Crippen molar-refractivity contribution in [2.75, 3.05) is 0 Å². The van der Waals surface area contributed by atoms with Crippen LogP contribution in [0.5, 0.6) is 0 Å². The second-order valence-electron chi connectivity index (χ2n) is 5.81. The van der Waals surface area contributed by atoms with Crippen molar-refractivity contribution in [1.82, 2.24) is 14.8 Å². The van der Waals surface area contributed by atoms with Gasteiger partial charge in [-0.25, -0.2) is 9.67 Å². The molecule has 130 valence electrons. The average molecular weight is 380 g/mol. The Morgan fingerprint density at radius 3 is 2.75 bits per heavy atom. The molecule has 2 unspecified atom stereocenters. The molecule has 24 heavy (non-hydrogen) atoms. The first-order valence-electron chi connectivity index (χ1n) is 7.30. The maximum absolute atomic E-state index is 12.7. The summed E-state index contributed by atoms with van der Waals surface area (Å²) < 4.78 is 45.6. The van der Waals surface area contributed by atoms with E-state index < -0.39 is 24.3 Å². The van der Waals surface area contributed by atoms with Crippen LogP contribution < -0.4 is 0 Å². The zero-order valence-electron chi connectivity index (χ0n) is 12.4. The summed E-state index contributed by atoms with van der Waals surface area (Å²) in [5.41, 5.74) is -0.389. The normalized spacial score (nSPS) is 24.5. The lowest BCUT2D eigenvalue weighted by molar-refractivity contribution is -0.170. The fourth-order valence-electron chi connectivity index (χ4n) is 3.07. The molecule has 2 atom stereocenters. The van der Waals surface area contributed by atoms with Crippen LogP contribution in [0.2, 0.25) is 10.0 Å². The quantitative estimate of drug-likeness (QED) is 0.778. The molecule has 1 fully saturated rings. The summed E-state index contributed by atoms with van der Waals surface area (Å²) in [4.78, 5) is 3.87. The molecule has 0 saturated carbocycles. The van der Waals surface area contributed by atoms with E-state index in [1.807, 2.05) is 0 Å². The van der Waals surface area contributed by atoms with Gasteiger partial charge in [0.05, 0.1) is 19.1 Å². The summed E-state index contributed by atoms with van der Waals surface area (Å²) in [6.45, 7) is 0.225. The van der Waals surface area contributed by atoms with Crippen LogP contribution >= 0.6 is 23.2 Å². The highest BCUT2D eigenvalue weighted by Crippen LogP contribution is 2.46. The monoisotopic (exact) mass is 379 g/mol. The molecule has 1 aromatic heterocycles. The van der Waals surface area contributed by atoms with Crippen molar-refractivity contribution in [2.24, 2.45) is 0 Å². The highest BCUT2D eigenvalue weighted by molar-refractivity contribution is 6.35. The molecular weight excluding hydrogens is 366 g/mol. The van der Waals surface area contributed by atoms with Crippen molar-refractivity contribution < 1.29 is 17.9 Å². The number of hydrogen-bond acceptors (Lipinski definition) is 3. The lowest BCUT2D eigenvalue weighted by Crippen LogP contribution is -2.33. The summed E-state index contributed by atoms with van der Waals surface area (Å²) in [7, 11) is 0. The molecule has 0 amide bonds. The van der Waals surface area contributed by atoms with Gasteiger partial charge in [-0.1, -0.05) is 29.3 Å². The molecule has 1 aliphatic rings. The Morgan fingerprint density at radius 1 is 1.33 bits per heavy atom. The molecule has 0 radical (unpaired) electrons. The molecule has 4 nitrogen and oxygen atoms in total. The summed E-state index contributed by atoms with van der Waals surface area (Å²) in [5.74, 6) is 0. The fraction of sp³-hybridized carbons (Fsp3) is 0.467. The lowest BCUT2D eigenvalue weighted by atomic mass is 9.90. The summed E-state index contributed by atoms with van der Waals surface area (Å²) in [6, 6.07) is 4.89. The van der Waals surface area contributed by atoms with Crippen molar-refractivity contribution in [3.63, 3.8) is 0 Å². The van der Waals surface area contributed by atoms with Gasteiger partial charge in [0.1, 0.15) is 18.3 Å². The van der Waals surface area contributed by atoms with Crippen molar-refractivity contribution >= 4 is 23.2 Å². The third-order valence-corrected chi connectivity index (χ3v) is 4.58. The molecule has 0 bridgehead atoms. The van der Waals surface area contributed by atoms with E-state index in [-0.39, 0.29) is 13.0 Å². The first kappa shape index (κ1) is 17.5. The van der Waals surface area contributed by atoms with E-state index in [1.54, 1.807) is 18.2 Å². The minimum absolute atomic E-state index is 0.225. The zero-order chi connectivity index (χ0) is 17.4. The molecule has 0 N–H and O–H groups in total. The van der Waals surface area contributed by atoms with Crippen LogP contribution in [0.1, 0.15) is 24.8 Å². The van der Waals surface area contributed by atoms with Crippen LogP contribution in [-0.4, -0.2) is 27.0 Å². The van der Waals surface area contributed by atoms with Gasteiger partial charge in [0.15, 0.2) is 0 Å². The topological polar surface area (TPSA) is 39.9 Å². The molecule has 3 rings (SSSR count). The van der Waals surface area contributed by atoms with Crippen LogP contribution in [0.4, 0.5) is 13.2 Å². The van der Waals surface area contributed by atoms with Crippen molar-refractivity contribution in [3.8, 4) is 0 Å². The SMILES string of the molecule is FC(F)(F)CC1CCC(Cn2cncn2)(c2ccc(Cl)cc2Cl)O1. The zero-order valence-corrected chi connectivity index (χ0v) is 13.9. The minimum Gasteiger partial charge on any atom is -0.365 e. The molecule has 2 aromatic rings. The predicted octanol–water partition coefficient (Wildman–Crippen LogP) is 4.61. The van der Waals surface area contributed by atoms with Crippen LogP contribution in [-0.2, 0) is 16.9 Å². The van der Waals surface area contributed by atoms with Gasteiger partial charge in [-0.15, -0.1) is 0 Å². The summed E-state index contributed by atoms with van der Waals surface area (Å²) >= 11 is 12.2. The Kier molecular flexibility index (Phi) is 4.77. The van der Waals surface area contributed by atoms with Gasteiger partial charge in [0.25, 0.3) is 0 Å². The van der Waals surface area contributed by atoms with Crippen LogP contribution in [0.3, 0.4) is 0 Å². The Hall–Kier alpha value is -1.31. The van der Waals surface area contributed by atoms with Gasteiger partial charge >= 0.3 is 6.18 Å². The van der Waals surface area contributed by atoms with Gasteiger partial charge in [0.2, 0.25) is 0 Å². The van der Waals surface area contributed by atoms with E-state index in [0.717, 1.165) is 0 Å². The van der Waals surface area contributed by atoms with Gasteiger partial charge < -0.3 is 4.74 Å². The summed E-state index contributed by atoms with van der Waals surface area (Å²) in [5, 5.41) is 4.84. The number of alkyl halides is 3. The fourth-order valence-corrected chi connectivity index (χ4v) is 3.65. The van der Waals surface area contributed by atoms with Crippen molar-refractivity contribution in [2.45, 2.75) is 43.7 Å². The Labute approximate surface area is 146 Å². The first-order chi connectivity index (χ1) is 11.3. The highest BCUT2D eigenvalue weighted by Gasteiger charge is 2.46. The molecule has 1 saturated heterocycles. The predicted molar refractivity (Wildman–Crippen MR) is 82.9 cm³/mol. The van der Waals surface area contributed by atoms with E-state index in [0.29, 0.717) is 22.0 Å². The molecule has 9 heteroatoms.